The number of hydrogen-bond donors (Lipinski definition) is 1. The minimum Gasteiger partial charge on any atom is -0.325 e. The van der Waals surface area contributed by atoms with E-state index in [1.165, 1.54) is 11.1 Å². The van der Waals surface area contributed by atoms with E-state index >= 15 is 0 Å². The quantitative estimate of drug-likeness (QED) is 0.762. The lowest BCUT2D eigenvalue weighted by atomic mass is 9.72. The van der Waals surface area contributed by atoms with Gasteiger partial charge in [-0.15, -0.1) is 0 Å². The number of rotatable bonds is 4. The Morgan fingerprint density at radius 2 is 1.17 bits per heavy atom. The summed E-state index contributed by atoms with van der Waals surface area (Å²) < 4.78 is 0. The maximum absolute atomic E-state index is 13.1. The molecule has 4 rings (SSSR count). The summed E-state index contributed by atoms with van der Waals surface area (Å²) in [6.07, 6.45) is 1.40. The second-order valence-electron chi connectivity index (χ2n) is 6.41. The van der Waals surface area contributed by atoms with Gasteiger partial charge in [-0.25, -0.2) is 0 Å². The van der Waals surface area contributed by atoms with Gasteiger partial charge in [0.25, 0.3) is 0 Å². The third-order valence-corrected chi connectivity index (χ3v) is 4.82. The monoisotopic (exact) mass is 313 g/mol. The molecule has 1 aliphatic heterocycles. The van der Waals surface area contributed by atoms with Crippen LogP contribution in [0.2, 0.25) is 0 Å². The molecule has 1 aliphatic rings. The van der Waals surface area contributed by atoms with E-state index in [4.69, 9.17) is 0 Å². The molecule has 0 spiro atoms. The van der Waals surface area contributed by atoms with Gasteiger partial charge in [0.15, 0.2) is 0 Å². The number of hydrogen-bond acceptors (Lipinski definition) is 1. The van der Waals surface area contributed by atoms with Gasteiger partial charge in [-0.1, -0.05) is 78.9 Å². The molecule has 2 heteroatoms. The molecular weight excluding hydrogens is 294 g/mol. The smallest absolute Gasteiger partial charge is 0.235 e. The molecule has 0 aromatic heterocycles. The number of amides is 1. The first-order valence-electron chi connectivity index (χ1n) is 8.27. The highest BCUT2D eigenvalue weighted by Gasteiger charge is 2.46. The Hall–Kier alpha value is -2.87. The minimum absolute atomic E-state index is 0.0939. The van der Waals surface area contributed by atoms with Crippen LogP contribution in [-0.2, 0) is 23.1 Å². The van der Waals surface area contributed by atoms with Gasteiger partial charge in [0, 0.05) is 5.69 Å². The van der Waals surface area contributed by atoms with Crippen molar-refractivity contribution in [1.29, 1.82) is 0 Å². The third kappa shape index (κ3) is 2.50. The Labute approximate surface area is 142 Å². The molecule has 2 nitrogen and oxygen atoms in total. The van der Waals surface area contributed by atoms with Crippen LogP contribution in [0.4, 0.5) is 5.69 Å². The number of carbonyl (C=O) groups excluding carboxylic acids is 1. The predicted molar refractivity (Wildman–Crippen MR) is 97.0 cm³/mol. The van der Waals surface area contributed by atoms with Crippen molar-refractivity contribution >= 4 is 11.6 Å². The Morgan fingerprint density at radius 1 is 0.667 bits per heavy atom. The van der Waals surface area contributed by atoms with Gasteiger partial charge in [0.2, 0.25) is 5.91 Å². The van der Waals surface area contributed by atoms with Gasteiger partial charge < -0.3 is 5.32 Å². The van der Waals surface area contributed by atoms with Crippen LogP contribution in [0.5, 0.6) is 0 Å². The highest BCUT2D eigenvalue weighted by molar-refractivity contribution is 6.06. The summed E-state index contributed by atoms with van der Waals surface area (Å²) in [6, 6.07) is 28.6. The van der Waals surface area contributed by atoms with E-state index in [1.807, 2.05) is 54.6 Å². The largest absolute Gasteiger partial charge is 0.325 e. The number of nitrogens with one attached hydrogen (secondary N) is 1. The highest BCUT2D eigenvalue weighted by atomic mass is 16.2. The molecule has 0 radical (unpaired) electrons. The first-order chi connectivity index (χ1) is 11.8. The molecule has 0 bridgehead atoms. The molecule has 118 valence electrons. The van der Waals surface area contributed by atoms with Crippen molar-refractivity contribution in [1.82, 2.24) is 0 Å². The van der Waals surface area contributed by atoms with Gasteiger partial charge in [-0.2, -0.15) is 0 Å². The van der Waals surface area contributed by atoms with E-state index in [0.717, 1.165) is 11.3 Å². The zero-order chi connectivity index (χ0) is 16.4. The average molecular weight is 313 g/mol. The highest BCUT2D eigenvalue weighted by Crippen LogP contribution is 2.42. The lowest BCUT2D eigenvalue weighted by Gasteiger charge is -2.28. The van der Waals surface area contributed by atoms with E-state index in [-0.39, 0.29) is 5.91 Å². The number of para-hydroxylation sites is 1. The summed E-state index contributed by atoms with van der Waals surface area (Å²) in [5, 5.41) is 3.09. The van der Waals surface area contributed by atoms with Crippen molar-refractivity contribution in [3.63, 3.8) is 0 Å². The van der Waals surface area contributed by atoms with Crippen molar-refractivity contribution in [2.75, 3.05) is 5.32 Å². The minimum atomic E-state index is -0.556. The zero-order valence-corrected chi connectivity index (χ0v) is 13.4. The fourth-order valence-electron chi connectivity index (χ4n) is 3.68. The molecule has 3 aromatic rings. The van der Waals surface area contributed by atoms with Crippen LogP contribution in [-0.4, -0.2) is 5.91 Å². The van der Waals surface area contributed by atoms with Crippen molar-refractivity contribution < 1.29 is 4.79 Å². The lowest BCUT2D eigenvalue weighted by Crippen LogP contribution is -2.39. The normalized spacial score (nSPS) is 14.9. The number of carbonyl (C=O) groups is 1. The average Bonchev–Trinajstić information content (AvgIpc) is 2.89. The number of anilines is 1. The second kappa shape index (κ2) is 5.97. The van der Waals surface area contributed by atoms with Crippen molar-refractivity contribution in [2.45, 2.75) is 18.3 Å². The predicted octanol–water partition coefficient (Wildman–Crippen LogP) is 4.36. The Bertz CT molecular complexity index is 814. The molecule has 0 aliphatic carbocycles. The molecule has 0 atom stereocenters. The zero-order valence-electron chi connectivity index (χ0n) is 13.4. The van der Waals surface area contributed by atoms with Gasteiger partial charge in [0.1, 0.15) is 0 Å². The molecule has 1 heterocycles. The van der Waals surface area contributed by atoms with Crippen LogP contribution in [0.25, 0.3) is 0 Å². The van der Waals surface area contributed by atoms with Crippen molar-refractivity contribution in [2.24, 2.45) is 0 Å². The van der Waals surface area contributed by atoms with Crippen LogP contribution in [0.15, 0.2) is 84.9 Å². The Morgan fingerprint density at radius 3 is 1.75 bits per heavy atom. The van der Waals surface area contributed by atoms with Crippen LogP contribution in [0, 0.1) is 0 Å². The second-order valence-corrected chi connectivity index (χ2v) is 6.41. The Kier molecular flexibility index (Phi) is 3.66. The topological polar surface area (TPSA) is 29.1 Å². The molecule has 0 saturated carbocycles. The van der Waals surface area contributed by atoms with E-state index in [9.17, 15) is 4.79 Å². The summed E-state index contributed by atoms with van der Waals surface area (Å²) in [6.45, 7) is 0. The van der Waals surface area contributed by atoms with Crippen LogP contribution in [0.1, 0.15) is 16.7 Å². The molecule has 0 saturated heterocycles. The fourth-order valence-corrected chi connectivity index (χ4v) is 3.68. The van der Waals surface area contributed by atoms with E-state index in [1.54, 1.807) is 0 Å². The SMILES string of the molecule is O=C1Nc2ccccc2C1(Cc1ccccc1)Cc1ccccc1. The number of benzene rings is 3. The van der Waals surface area contributed by atoms with E-state index < -0.39 is 5.41 Å². The molecule has 24 heavy (non-hydrogen) atoms. The lowest BCUT2D eigenvalue weighted by molar-refractivity contribution is -0.120. The first kappa shape index (κ1) is 14.7. The standard InChI is InChI=1S/C22H19NO/c24-21-22(15-17-9-3-1-4-10-17,16-18-11-5-2-6-12-18)19-13-7-8-14-20(19)23-21/h1-14H,15-16H2,(H,23,24). The van der Waals surface area contributed by atoms with Crippen molar-refractivity contribution in [3.8, 4) is 0 Å². The van der Waals surface area contributed by atoms with Gasteiger partial charge >= 0.3 is 0 Å². The van der Waals surface area contributed by atoms with Crippen molar-refractivity contribution in [3.05, 3.63) is 102 Å². The molecule has 0 fully saturated rings. The molecule has 1 amide bonds. The van der Waals surface area contributed by atoms with Gasteiger partial charge in [-0.3, -0.25) is 4.79 Å². The Balaban J connectivity index is 1.82. The summed E-state index contributed by atoms with van der Waals surface area (Å²) >= 11 is 0. The molecule has 0 unspecified atom stereocenters. The summed E-state index contributed by atoms with van der Waals surface area (Å²) in [5.41, 5.74) is 3.84. The maximum atomic E-state index is 13.1. The van der Waals surface area contributed by atoms with E-state index in [0.29, 0.717) is 12.8 Å². The summed E-state index contributed by atoms with van der Waals surface area (Å²) in [4.78, 5) is 13.1. The first-order valence-corrected chi connectivity index (χ1v) is 8.27. The van der Waals surface area contributed by atoms with Crippen LogP contribution >= 0.6 is 0 Å². The molecular formula is C22H19NO. The van der Waals surface area contributed by atoms with E-state index in [2.05, 4.69) is 35.6 Å². The van der Waals surface area contributed by atoms with Crippen LogP contribution in [0.3, 0.4) is 0 Å². The van der Waals surface area contributed by atoms with Gasteiger partial charge in [0.05, 0.1) is 5.41 Å². The number of fused-ring (bicyclic) bond motifs is 1. The molecule has 3 aromatic carbocycles. The van der Waals surface area contributed by atoms with Gasteiger partial charge in [-0.05, 0) is 35.6 Å². The summed E-state index contributed by atoms with van der Waals surface area (Å²) in [7, 11) is 0. The van der Waals surface area contributed by atoms with Crippen LogP contribution < -0.4 is 5.32 Å². The molecule has 1 N–H and O–H groups in total. The summed E-state index contributed by atoms with van der Waals surface area (Å²) in [5.74, 6) is 0.0939. The third-order valence-electron chi connectivity index (χ3n) is 4.82. The maximum Gasteiger partial charge on any atom is 0.235 e. The fraction of sp³-hybridized carbons (Fsp3) is 0.136.